The van der Waals surface area contributed by atoms with Gasteiger partial charge in [-0.1, -0.05) is 11.6 Å². The third-order valence-corrected chi connectivity index (χ3v) is 4.83. The van der Waals surface area contributed by atoms with E-state index in [2.05, 4.69) is 9.71 Å². The zero-order chi connectivity index (χ0) is 13.5. The minimum atomic E-state index is -3.43. The third kappa shape index (κ3) is 2.88. The smallest absolute Gasteiger partial charge is 0.236 e. The Labute approximate surface area is 116 Å². The molecule has 1 saturated carbocycles. The zero-order valence-corrected chi connectivity index (χ0v) is 11.7. The molecule has 0 bridgehead atoms. The van der Waals surface area contributed by atoms with Crippen LogP contribution in [0.5, 0.6) is 0 Å². The quantitative estimate of drug-likeness (QED) is 0.882. The number of rotatable bonds is 4. The molecule has 100 valence electrons. The van der Waals surface area contributed by atoms with Gasteiger partial charge in [0.05, 0.1) is 10.4 Å². The summed E-state index contributed by atoms with van der Waals surface area (Å²) in [5.74, 6) is 0.510. The van der Waals surface area contributed by atoms with Gasteiger partial charge >= 0.3 is 0 Å². The molecule has 1 fully saturated rings. The lowest BCUT2D eigenvalue weighted by Gasteiger charge is -2.07. The Morgan fingerprint density at radius 2 is 2.05 bits per heavy atom. The Kier molecular flexibility index (Phi) is 3.20. The SMILES string of the molecule is O=S(=O)(NCC1CC1)c1ccc2nc(Cl)ccc2c1. The molecule has 2 aromatic rings. The van der Waals surface area contributed by atoms with Gasteiger partial charge in [0.25, 0.3) is 0 Å². The number of hydrogen-bond acceptors (Lipinski definition) is 3. The van der Waals surface area contributed by atoms with E-state index in [-0.39, 0.29) is 4.90 Å². The summed E-state index contributed by atoms with van der Waals surface area (Å²) < 4.78 is 26.9. The third-order valence-electron chi connectivity index (χ3n) is 3.20. The van der Waals surface area contributed by atoms with E-state index in [4.69, 9.17) is 11.6 Å². The maximum absolute atomic E-state index is 12.1. The number of nitrogens with zero attached hydrogens (tertiary/aromatic N) is 1. The molecule has 1 aromatic carbocycles. The number of sulfonamides is 1. The van der Waals surface area contributed by atoms with Gasteiger partial charge in [0.1, 0.15) is 5.15 Å². The van der Waals surface area contributed by atoms with Gasteiger partial charge in [0.15, 0.2) is 0 Å². The van der Waals surface area contributed by atoms with Crippen LogP contribution < -0.4 is 4.72 Å². The lowest BCUT2D eigenvalue weighted by molar-refractivity contribution is 0.577. The molecular weight excluding hydrogens is 284 g/mol. The summed E-state index contributed by atoms with van der Waals surface area (Å²) in [6, 6.07) is 8.27. The van der Waals surface area contributed by atoms with Crippen molar-refractivity contribution < 1.29 is 8.42 Å². The number of fused-ring (bicyclic) bond motifs is 1. The van der Waals surface area contributed by atoms with Crippen molar-refractivity contribution in [1.29, 1.82) is 0 Å². The molecule has 3 rings (SSSR count). The average Bonchev–Trinajstić information content (AvgIpc) is 3.20. The van der Waals surface area contributed by atoms with Crippen molar-refractivity contribution >= 4 is 32.5 Å². The fraction of sp³-hybridized carbons (Fsp3) is 0.308. The number of hydrogen-bond donors (Lipinski definition) is 1. The van der Waals surface area contributed by atoms with Crippen molar-refractivity contribution in [1.82, 2.24) is 9.71 Å². The predicted octanol–water partition coefficient (Wildman–Crippen LogP) is 2.58. The van der Waals surface area contributed by atoms with Crippen molar-refractivity contribution in [2.75, 3.05) is 6.54 Å². The lowest BCUT2D eigenvalue weighted by Crippen LogP contribution is -2.25. The molecule has 0 radical (unpaired) electrons. The number of nitrogens with one attached hydrogen (secondary N) is 1. The average molecular weight is 297 g/mol. The molecule has 19 heavy (non-hydrogen) atoms. The summed E-state index contributed by atoms with van der Waals surface area (Å²) in [5, 5.41) is 1.16. The topological polar surface area (TPSA) is 59.1 Å². The predicted molar refractivity (Wildman–Crippen MR) is 74.7 cm³/mol. The molecule has 1 N–H and O–H groups in total. The molecule has 1 aliphatic carbocycles. The van der Waals surface area contributed by atoms with Crippen LogP contribution in [0.3, 0.4) is 0 Å². The van der Waals surface area contributed by atoms with E-state index in [0.29, 0.717) is 23.1 Å². The zero-order valence-electron chi connectivity index (χ0n) is 10.1. The van der Waals surface area contributed by atoms with Crippen LogP contribution in [0.25, 0.3) is 10.9 Å². The number of aromatic nitrogens is 1. The van der Waals surface area contributed by atoms with Gasteiger partial charge < -0.3 is 0 Å². The van der Waals surface area contributed by atoms with Crippen LogP contribution in [0.4, 0.5) is 0 Å². The molecule has 0 unspecified atom stereocenters. The fourth-order valence-electron chi connectivity index (χ4n) is 1.88. The van der Waals surface area contributed by atoms with Crippen LogP contribution in [0.15, 0.2) is 35.2 Å². The van der Waals surface area contributed by atoms with Crippen LogP contribution in [0.1, 0.15) is 12.8 Å². The first-order chi connectivity index (χ1) is 9.04. The van der Waals surface area contributed by atoms with E-state index in [1.165, 1.54) is 0 Å². The summed E-state index contributed by atoms with van der Waals surface area (Å²) in [4.78, 5) is 4.40. The molecule has 6 heteroatoms. The van der Waals surface area contributed by atoms with Gasteiger partial charge in [-0.15, -0.1) is 0 Å². The lowest BCUT2D eigenvalue weighted by atomic mass is 10.2. The molecule has 1 heterocycles. The number of halogens is 1. The second-order valence-electron chi connectivity index (χ2n) is 4.78. The normalized spacial score (nSPS) is 15.8. The summed E-state index contributed by atoms with van der Waals surface area (Å²) in [6.07, 6.45) is 2.23. The van der Waals surface area contributed by atoms with Crippen molar-refractivity contribution in [3.63, 3.8) is 0 Å². The van der Waals surface area contributed by atoms with Crippen molar-refractivity contribution in [2.45, 2.75) is 17.7 Å². The largest absolute Gasteiger partial charge is 0.240 e. The minimum absolute atomic E-state index is 0.268. The Morgan fingerprint density at radius 3 is 2.79 bits per heavy atom. The molecule has 0 spiro atoms. The Morgan fingerprint density at radius 1 is 1.26 bits per heavy atom. The number of benzene rings is 1. The summed E-state index contributed by atoms with van der Waals surface area (Å²) >= 11 is 5.80. The fourth-order valence-corrected chi connectivity index (χ4v) is 3.18. The van der Waals surface area contributed by atoms with E-state index < -0.39 is 10.0 Å². The molecule has 0 aliphatic heterocycles. The summed E-state index contributed by atoms with van der Waals surface area (Å²) in [5.41, 5.74) is 0.689. The van der Waals surface area contributed by atoms with Crippen molar-refractivity contribution in [2.24, 2.45) is 5.92 Å². The maximum atomic E-state index is 12.1. The van der Waals surface area contributed by atoms with Gasteiger partial charge in [0.2, 0.25) is 10.0 Å². The summed E-state index contributed by atoms with van der Waals surface area (Å²) in [6.45, 7) is 0.527. The van der Waals surface area contributed by atoms with Crippen LogP contribution in [-0.2, 0) is 10.0 Å². The monoisotopic (exact) mass is 296 g/mol. The first-order valence-electron chi connectivity index (χ1n) is 6.10. The Bertz CT molecular complexity index is 727. The van der Waals surface area contributed by atoms with Crippen LogP contribution >= 0.6 is 11.6 Å². The van der Waals surface area contributed by atoms with Gasteiger partial charge in [-0.25, -0.2) is 18.1 Å². The van der Waals surface area contributed by atoms with Crippen LogP contribution in [0.2, 0.25) is 5.15 Å². The molecule has 0 saturated heterocycles. The van der Waals surface area contributed by atoms with Crippen LogP contribution in [0, 0.1) is 5.92 Å². The Hall–Kier alpha value is -1.17. The molecule has 1 aliphatic rings. The van der Waals surface area contributed by atoms with E-state index >= 15 is 0 Å². The van der Waals surface area contributed by atoms with Gasteiger partial charge in [-0.2, -0.15) is 0 Å². The Balaban J connectivity index is 1.93. The molecule has 1 aromatic heterocycles. The van der Waals surface area contributed by atoms with Crippen molar-refractivity contribution in [3.05, 3.63) is 35.5 Å². The van der Waals surface area contributed by atoms with E-state index in [1.807, 2.05) is 0 Å². The maximum Gasteiger partial charge on any atom is 0.240 e. The van der Waals surface area contributed by atoms with Crippen LogP contribution in [-0.4, -0.2) is 19.9 Å². The highest BCUT2D eigenvalue weighted by Crippen LogP contribution is 2.28. The van der Waals surface area contributed by atoms with E-state index in [0.717, 1.165) is 18.2 Å². The summed E-state index contributed by atoms with van der Waals surface area (Å²) in [7, 11) is -3.43. The van der Waals surface area contributed by atoms with Gasteiger partial charge in [-0.3, -0.25) is 0 Å². The second-order valence-corrected chi connectivity index (χ2v) is 6.94. The highest BCUT2D eigenvalue weighted by atomic mass is 35.5. The van der Waals surface area contributed by atoms with Gasteiger partial charge in [0, 0.05) is 11.9 Å². The molecule has 4 nitrogen and oxygen atoms in total. The highest BCUT2D eigenvalue weighted by molar-refractivity contribution is 7.89. The van der Waals surface area contributed by atoms with Gasteiger partial charge in [-0.05, 0) is 49.1 Å². The number of pyridine rings is 1. The standard InChI is InChI=1S/C13H13ClN2O2S/c14-13-6-3-10-7-11(4-5-12(10)16-13)19(17,18)15-8-9-1-2-9/h3-7,9,15H,1-2,8H2. The first-order valence-corrected chi connectivity index (χ1v) is 7.97. The molecule has 0 amide bonds. The van der Waals surface area contributed by atoms with E-state index in [9.17, 15) is 8.42 Å². The second kappa shape index (κ2) is 4.74. The van der Waals surface area contributed by atoms with E-state index in [1.54, 1.807) is 30.3 Å². The highest BCUT2D eigenvalue weighted by Gasteiger charge is 2.24. The van der Waals surface area contributed by atoms with Crippen molar-refractivity contribution in [3.8, 4) is 0 Å². The molecular formula is C13H13ClN2O2S. The minimum Gasteiger partial charge on any atom is -0.236 e. The first kappa shape index (κ1) is 12.8. The molecule has 0 atom stereocenters.